The Morgan fingerprint density at radius 2 is 1.81 bits per heavy atom. The van der Waals surface area contributed by atoms with Crippen molar-refractivity contribution in [1.29, 1.82) is 0 Å². The standard InChI is InChI=1S/C20H20N2O4/c1-2-21-20(25)16-9-6-10-17(13-16)22-18(23)14-26-19(24)12-11-15-7-4-3-5-8-15/h3-13H,2,14H2,1H3,(H,21,25)(H,22,23)/b12-11+. The molecule has 0 heterocycles. The second-order valence-electron chi connectivity index (χ2n) is 5.34. The lowest BCUT2D eigenvalue weighted by Crippen LogP contribution is -2.23. The zero-order valence-corrected chi connectivity index (χ0v) is 14.4. The Balaban J connectivity index is 1.83. The summed E-state index contributed by atoms with van der Waals surface area (Å²) in [4.78, 5) is 35.3. The van der Waals surface area contributed by atoms with E-state index in [1.54, 1.807) is 30.3 Å². The number of ether oxygens (including phenoxy) is 1. The zero-order chi connectivity index (χ0) is 18.8. The highest BCUT2D eigenvalue weighted by atomic mass is 16.5. The Kier molecular flexibility index (Phi) is 7.12. The van der Waals surface area contributed by atoms with Crippen LogP contribution in [0.4, 0.5) is 5.69 Å². The SMILES string of the molecule is CCNC(=O)c1cccc(NC(=O)COC(=O)/C=C/c2ccccc2)c1. The van der Waals surface area contributed by atoms with Crippen LogP contribution in [0.1, 0.15) is 22.8 Å². The predicted octanol–water partition coefficient (Wildman–Crippen LogP) is 2.63. The van der Waals surface area contributed by atoms with Crippen molar-refractivity contribution in [2.75, 3.05) is 18.5 Å². The first-order valence-electron chi connectivity index (χ1n) is 8.16. The number of nitrogens with one attached hydrogen (secondary N) is 2. The topological polar surface area (TPSA) is 84.5 Å². The average Bonchev–Trinajstić information content (AvgIpc) is 2.66. The number of hydrogen-bond acceptors (Lipinski definition) is 4. The molecule has 2 rings (SSSR count). The minimum absolute atomic E-state index is 0.221. The number of benzene rings is 2. The van der Waals surface area contributed by atoms with Gasteiger partial charge in [0.2, 0.25) is 0 Å². The molecule has 0 saturated heterocycles. The summed E-state index contributed by atoms with van der Waals surface area (Å²) >= 11 is 0. The van der Waals surface area contributed by atoms with Crippen LogP contribution in [0, 0.1) is 0 Å². The lowest BCUT2D eigenvalue weighted by Gasteiger charge is -2.07. The molecule has 0 aliphatic carbocycles. The Morgan fingerprint density at radius 3 is 2.54 bits per heavy atom. The Bertz CT molecular complexity index is 800. The molecule has 6 heteroatoms. The van der Waals surface area contributed by atoms with Gasteiger partial charge < -0.3 is 15.4 Å². The molecule has 2 N–H and O–H groups in total. The van der Waals surface area contributed by atoms with E-state index >= 15 is 0 Å². The maximum atomic E-state index is 11.9. The van der Waals surface area contributed by atoms with Crippen LogP contribution in [-0.4, -0.2) is 30.9 Å². The third-order valence-electron chi connectivity index (χ3n) is 3.30. The summed E-state index contributed by atoms with van der Waals surface area (Å²) in [5.74, 6) is -1.32. The largest absolute Gasteiger partial charge is 0.452 e. The van der Waals surface area contributed by atoms with Crippen molar-refractivity contribution in [1.82, 2.24) is 5.32 Å². The van der Waals surface area contributed by atoms with Gasteiger partial charge in [-0.3, -0.25) is 9.59 Å². The molecule has 0 aliphatic rings. The molecule has 0 fully saturated rings. The highest BCUT2D eigenvalue weighted by Gasteiger charge is 2.08. The van der Waals surface area contributed by atoms with E-state index in [9.17, 15) is 14.4 Å². The van der Waals surface area contributed by atoms with Crippen LogP contribution in [0.15, 0.2) is 60.7 Å². The second kappa shape index (κ2) is 9.78. The summed E-state index contributed by atoms with van der Waals surface area (Å²) in [5.41, 5.74) is 1.75. The molecule has 0 atom stereocenters. The van der Waals surface area contributed by atoms with Gasteiger partial charge in [-0.2, -0.15) is 0 Å². The van der Waals surface area contributed by atoms with Gasteiger partial charge in [0.1, 0.15) is 0 Å². The number of esters is 1. The van der Waals surface area contributed by atoms with E-state index in [0.717, 1.165) is 5.56 Å². The minimum Gasteiger partial charge on any atom is -0.452 e. The summed E-state index contributed by atoms with van der Waals surface area (Å²) in [5, 5.41) is 5.27. The summed E-state index contributed by atoms with van der Waals surface area (Å²) in [6, 6.07) is 15.8. The molecule has 134 valence electrons. The lowest BCUT2D eigenvalue weighted by atomic mass is 10.2. The van der Waals surface area contributed by atoms with E-state index in [2.05, 4.69) is 10.6 Å². The van der Waals surface area contributed by atoms with Crippen molar-refractivity contribution in [2.24, 2.45) is 0 Å². The van der Waals surface area contributed by atoms with E-state index in [4.69, 9.17) is 4.74 Å². The third kappa shape index (κ3) is 6.24. The van der Waals surface area contributed by atoms with Crippen molar-refractivity contribution in [3.05, 3.63) is 71.8 Å². The molecule has 0 aliphatic heterocycles. The summed E-state index contributed by atoms with van der Waals surface area (Å²) in [7, 11) is 0. The van der Waals surface area contributed by atoms with Gasteiger partial charge in [-0.05, 0) is 36.8 Å². The van der Waals surface area contributed by atoms with Crippen LogP contribution < -0.4 is 10.6 Å². The van der Waals surface area contributed by atoms with Crippen molar-refractivity contribution >= 4 is 29.5 Å². The fraction of sp³-hybridized carbons (Fsp3) is 0.150. The molecule has 2 aromatic rings. The monoisotopic (exact) mass is 352 g/mol. The molecule has 0 unspecified atom stereocenters. The summed E-state index contributed by atoms with van der Waals surface area (Å²) < 4.78 is 4.90. The van der Waals surface area contributed by atoms with Crippen molar-refractivity contribution in [2.45, 2.75) is 6.92 Å². The van der Waals surface area contributed by atoms with Gasteiger partial charge in [-0.25, -0.2) is 4.79 Å². The minimum atomic E-state index is -0.611. The van der Waals surface area contributed by atoms with Gasteiger partial charge in [0, 0.05) is 23.9 Å². The first kappa shape index (κ1) is 18.9. The average molecular weight is 352 g/mol. The Hall–Kier alpha value is -3.41. The second-order valence-corrected chi connectivity index (χ2v) is 5.34. The van der Waals surface area contributed by atoms with Gasteiger partial charge in [-0.15, -0.1) is 0 Å². The number of carbonyl (C=O) groups excluding carboxylic acids is 3. The van der Waals surface area contributed by atoms with Crippen LogP contribution in [0.3, 0.4) is 0 Å². The molecule has 0 spiro atoms. The van der Waals surface area contributed by atoms with Crippen LogP contribution in [0.25, 0.3) is 6.08 Å². The van der Waals surface area contributed by atoms with Gasteiger partial charge in [0.05, 0.1) is 0 Å². The van der Waals surface area contributed by atoms with E-state index < -0.39 is 18.5 Å². The number of amides is 2. The smallest absolute Gasteiger partial charge is 0.331 e. The predicted molar refractivity (Wildman–Crippen MR) is 99.5 cm³/mol. The Morgan fingerprint density at radius 1 is 1.04 bits per heavy atom. The van der Waals surface area contributed by atoms with Crippen LogP contribution in [0.2, 0.25) is 0 Å². The molecule has 26 heavy (non-hydrogen) atoms. The van der Waals surface area contributed by atoms with Crippen molar-refractivity contribution in [3.63, 3.8) is 0 Å². The van der Waals surface area contributed by atoms with E-state index in [1.165, 1.54) is 6.08 Å². The third-order valence-corrected chi connectivity index (χ3v) is 3.30. The Labute approximate surface area is 151 Å². The molecule has 6 nitrogen and oxygen atoms in total. The van der Waals surface area contributed by atoms with Crippen molar-refractivity contribution in [3.8, 4) is 0 Å². The number of hydrogen-bond donors (Lipinski definition) is 2. The highest BCUT2D eigenvalue weighted by molar-refractivity contribution is 5.98. The number of rotatable bonds is 7. The molecule has 2 amide bonds. The highest BCUT2D eigenvalue weighted by Crippen LogP contribution is 2.10. The first-order chi connectivity index (χ1) is 12.6. The summed E-state index contributed by atoms with van der Waals surface area (Å²) in [6.07, 6.45) is 2.87. The van der Waals surface area contributed by atoms with Crippen molar-refractivity contribution < 1.29 is 19.1 Å². The lowest BCUT2D eigenvalue weighted by molar-refractivity contribution is -0.142. The maximum absolute atomic E-state index is 11.9. The fourth-order valence-corrected chi connectivity index (χ4v) is 2.11. The van der Waals surface area contributed by atoms with Crippen LogP contribution in [-0.2, 0) is 14.3 Å². The zero-order valence-electron chi connectivity index (χ0n) is 14.4. The molecule has 2 aromatic carbocycles. The van der Waals surface area contributed by atoms with E-state index in [1.807, 2.05) is 37.3 Å². The number of anilines is 1. The quantitative estimate of drug-likeness (QED) is 0.593. The van der Waals surface area contributed by atoms with E-state index in [0.29, 0.717) is 17.8 Å². The fourth-order valence-electron chi connectivity index (χ4n) is 2.11. The molecule has 0 radical (unpaired) electrons. The van der Waals surface area contributed by atoms with Gasteiger partial charge in [-0.1, -0.05) is 36.4 Å². The molecule has 0 saturated carbocycles. The van der Waals surface area contributed by atoms with Gasteiger partial charge in [0.15, 0.2) is 6.61 Å². The normalized spacial score (nSPS) is 10.3. The van der Waals surface area contributed by atoms with Gasteiger partial charge in [0.25, 0.3) is 11.8 Å². The number of carbonyl (C=O) groups is 3. The molecule has 0 bridgehead atoms. The van der Waals surface area contributed by atoms with E-state index in [-0.39, 0.29) is 5.91 Å². The van der Waals surface area contributed by atoms with Crippen LogP contribution in [0.5, 0.6) is 0 Å². The summed E-state index contributed by atoms with van der Waals surface area (Å²) in [6.45, 7) is 1.93. The van der Waals surface area contributed by atoms with Crippen LogP contribution >= 0.6 is 0 Å². The molecular weight excluding hydrogens is 332 g/mol. The van der Waals surface area contributed by atoms with Gasteiger partial charge >= 0.3 is 5.97 Å². The molecular formula is C20H20N2O4. The first-order valence-corrected chi connectivity index (χ1v) is 8.16. The molecule has 0 aromatic heterocycles. The maximum Gasteiger partial charge on any atom is 0.331 e.